The third-order valence-corrected chi connectivity index (χ3v) is 4.57. The zero-order valence-electron chi connectivity index (χ0n) is 19.7. The number of carbonyl (C=O) groups excluding carboxylic acids is 3. The Morgan fingerprint density at radius 1 is 1.00 bits per heavy atom. The first kappa shape index (κ1) is 26.2. The van der Waals surface area contributed by atoms with Crippen molar-refractivity contribution in [2.24, 2.45) is 5.10 Å². The first-order valence-electron chi connectivity index (χ1n) is 10.8. The second-order valence-corrected chi connectivity index (χ2v) is 7.19. The van der Waals surface area contributed by atoms with E-state index in [4.69, 9.17) is 14.2 Å². The van der Waals surface area contributed by atoms with Crippen LogP contribution in [0, 0.1) is 0 Å². The van der Waals surface area contributed by atoms with Crippen LogP contribution in [0.1, 0.15) is 32.8 Å². The number of rotatable bonds is 11. The van der Waals surface area contributed by atoms with Crippen molar-refractivity contribution in [1.82, 2.24) is 10.7 Å². The lowest BCUT2D eigenvalue weighted by Crippen LogP contribution is -2.41. The Bertz CT molecular complexity index is 1010. The van der Waals surface area contributed by atoms with Crippen molar-refractivity contribution in [3.8, 4) is 17.2 Å². The summed E-state index contributed by atoms with van der Waals surface area (Å²) < 4.78 is 16.3. The summed E-state index contributed by atoms with van der Waals surface area (Å²) in [5, 5.41) is 9.07. The van der Waals surface area contributed by atoms with Gasteiger partial charge in [0.25, 0.3) is 5.91 Å². The molecule has 1 atom stereocenters. The number of benzene rings is 2. The molecule has 2 aromatic rings. The molecule has 10 heteroatoms. The largest absolute Gasteiger partial charge is 0.494 e. The number of nitrogens with zero attached hydrogens (tertiary/aromatic N) is 1. The first-order valence-corrected chi connectivity index (χ1v) is 10.8. The minimum absolute atomic E-state index is 0.109. The Balaban J connectivity index is 1.89. The van der Waals surface area contributed by atoms with Gasteiger partial charge in [-0.2, -0.15) is 5.10 Å². The Morgan fingerprint density at radius 3 is 2.38 bits per heavy atom. The van der Waals surface area contributed by atoms with E-state index in [0.717, 1.165) is 5.75 Å². The fourth-order valence-corrected chi connectivity index (χ4v) is 2.63. The van der Waals surface area contributed by atoms with Crippen molar-refractivity contribution in [2.45, 2.75) is 33.2 Å². The number of ether oxygens (including phenoxy) is 3. The average molecular weight is 471 g/mol. The van der Waals surface area contributed by atoms with E-state index in [9.17, 15) is 14.4 Å². The number of hydrogen-bond acceptors (Lipinski definition) is 7. The predicted molar refractivity (Wildman–Crippen MR) is 128 cm³/mol. The van der Waals surface area contributed by atoms with Crippen LogP contribution in [0.15, 0.2) is 47.6 Å². The molecule has 0 aromatic heterocycles. The highest BCUT2D eigenvalue weighted by Crippen LogP contribution is 2.27. The molecule has 10 nitrogen and oxygen atoms in total. The van der Waals surface area contributed by atoms with Crippen molar-refractivity contribution in [3.63, 3.8) is 0 Å². The van der Waals surface area contributed by atoms with Crippen LogP contribution in [0.25, 0.3) is 0 Å². The molecule has 0 saturated heterocycles. The molecule has 0 aliphatic rings. The topological polar surface area (TPSA) is 127 Å². The molecule has 0 radical (unpaired) electrons. The molecule has 0 heterocycles. The van der Waals surface area contributed by atoms with Crippen LogP contribution < -0.4 is 30.3 Å². The van der Waals surface area contributed by atoms with Gasteiger partial charge in [0.1, 0.15) is 5.75 Å². The Labute approximate surface area is 198 Å². The van der Waals surface area contributed by atoms with Crippen molar-refractivity contribution in [1.29, 1.82) is 0 Å². The smallest absolute Gasteiger partial charge is 0.329 e. The van der Waals surface area contributed by atoms with Crippen LogP contribution in [0.3, 0.4) is 0 Å². The van der Waals surface area contributed by atoms with Gasteiger partial charge in [-0.25, -0.2) is 5.43 Å². The van der Waals surface area contributed by atoms with Crippen LogP contribution in [0.2, 0.25) is 0 Å². The highest BCUT2D eigenvalue weighted by atomic mass is 16.5. The lowest BCUT2D eigenvalue weighted by Gasteiger charge is -2.12. The molecule has 3 N–H and O–H groups in total. The van der Waals surface area contributed by atoms with Crippen molar-refractivity contribution in [2.75, 3.05) is 25.6 Å². The summed E-state index contributed by atoms with van der Waals surface area (Å²) in [6.07, 6.45) is 2.07. The van der Waals surface area contributed by atoms with E-state index in [-0.39, 0.29) is 18.6 Å². The fourth-order valence-electron chi connectivity index (χ4n) is 2.63. The summed E-state index contributed by atoms with van der Waals surface area (Å²) in [5.74, 6) is -0.496. The Kier molecular flexibility index (Phi) is 10.4. The molecule has 2 rings (SSSR count). The summed E-state index contributed by atoms with van der Waals surface area (Å²) in [6, 6.07) is 11.8. The maximum atomic E-state index is 12.2. The normalized spacial score (nSPS) is 11.4. The Morgan fingerprint density at radius 2 is 1.74 bits per heavy atom. The second-order valence-electron chi connectivity index (χ2n) is 7.19. The zero-order chi connectivity index (χ0) is 24.9. The van der Waals surface area contributed by atoms with Gasteiger partial charge in [0.15, 0.2) is 18.1 Å². The number of amides is 3. The third kappa shape index (κ3) is 8.45. The van der Waals surface area contributed by atoms with Gasteiger partial charge in [-0.05, 0) is 68.3 Å². The molecule has 182 valence electrons. The lowest BCUT2D eigenvalue weighted by atomic mass is 10.2. The standard InChI is InChI=1S/C24H30N4O6/c1-5-16(3)26-23(30)24(31)28-25-14-17-7-12-20(21(13-17)32-4)34-15-22(29)27-18-8-10-19(11-9-18)33-6-2/h7-14,16H,5-6,15H2,1-4H3,(H,26,30)(H,27,29)(H,28,31)/b25-14-/t16-/m1/s1. The van der Waals surface area contributed by atoms with E-state index in [0.29, 0.717) is 35.8 Å². The molecule has 0 aliphatic heterocycles. The van der Waals surface area contributed by atoms with Crippen LogP contribution in [0.4, 0.5) is 5.69 Å². The van der Waals surface area contributed by atoms with Crippen molar-refractivity contribution >= 4 is 29.6 Å². The second kappa shape index (κ2) is 13.5. The summed E-state index contributed by atoms with van der Waals surface area (Å²) >= 11 is 0. The minimum Gasteiger partial charge on any atom is -0.494 e. The zero-order valence-corrected chi connectivity index (χ0v) is 19.7. The molecule has 0 bridgehead atoms. The van der Waals surface area contributed by atoms with E-state index in [1.807, 2.05) is 13.8 Å². The highest BCUT2D eigenvalue weighted by molar-refractivity contribution is 6.35. The summed E-state index contributed by atoms with van der Waals surface area (Å²) in [7, 11) is 1.46. The van der Waals surface area contributed by atoms with E-state index >= 15 is 0 Å². The number of hydrazone groups is 1. The fraction of sp³-hybridized carbons (Fsp3) is 0.333. The van der Waals surface area contributed by atoms with Gasteiger partial charge in [-0.15, -0.1) is 0 Å². The van der Waals surface area contributed by atoms with Crippen molar-refractivity contribution < 1.29 is 28.6 Å². The van der Waals surface area contributed by atoms with E-state index in [1.165, 1.54) is 13.3 Å². The van der Waals surface area contributed by atoms with Crippen LogP contribution in [-0.2, 0) is 14.4 Å². The van der Waals surface area contributed by atoms with Crippen molar-refractivity contribution in [3.05, 3.63) is 48.0 Å². The van der Waals surface area contributed by atoms with Gasteiger partial charge >= 0.3 is 11.8 Å². The van der Waals surface area contributed by atoms with Crippen LogP contribution >= 0.6 is 0 Å². The highest BCUT2D eigenvalue weighted by Gasteiger charge is 2.14. The molecule has 3 amide bonds. The van der Waals surface area contributed by atoms with E-state index in [1.54, 1.807) is 49.4 Å². The number of hydrogen-bond donors (Lipinski definition) is 3. The molecular formula is C24H30N4O6. The van der Waals surface area contributed by atoms with Crippen LogP contribution in [-0.4, -0.2) is 50.3 Å². The molecule has 0 saturated carbocycles. The summed E-state index contributed by atoms with van der Waals surface area (Å²) in [5.41, 5.74) is 3.38. The van der Waals surface area contributed by atoms with E-state index in [2.05, 4.69) is 21.2 Å². The molecule has 0 spiro atoms. The molecule has 0 fully saturated rings. The number of methoxy groups -OCH3 is 1. The van der Waals surface area contributed by atoms with E-state index < -0.39 is 11.8 Å². The van der Waals surface area contributed by atoms with Gasteiger partial charge in [0.05, 0.1) is 19.9 Å². The average Bonchev–Trinajstić information content (AvgIpc) is 2.84. The van der Waals surface area contributed by atoms with Gasteiger partial charge in [0.2, 0.25) is 0 Å². The van der Waals surface area contributed by atoms with Gasteiger partial charge < -0.3 is 24.8 Å². The quantitative estimate of drug-likeness (QED) is 0.263. The molecule has 2 aromatic carbocycles. The summed E-state index contributed by atoms with van der Waals surface area (Å²) in [4.78, 5) is 35.7. The predicted octanol–water partition coefficient (Wildman–Crippen LogP) is 2.48. The molecule has 0 aliphatic carbocycles. The third-order valence-electron chi connectivity index (χ3n) is 4.57. The monoisotopic (exact) mass is 470 g/mol. The number of nitrogens with one attached hydrogen (secondary N) is 3. The molecule has 0 unspecified atom stereocenters. The maximum absolute atomic E-state index is 12.2. The lowest BCUT2D eigenvalue weighted by molar-refractivity contribution is -0.139. The first-order chi connectivity index (χ1) is 16.4. The van der Waals surface area contributed by atoms with Crippen LogP contribution in [0.5, 0.6) is 17.2 Å². The minimum atomic E-state index is -0.859. The SMILES string of the molecule is CCOc1ccc(NC(=O)COc2ccc(/C=N\NC(=O)C(=O)N[C@H](C)CC)cc2OC)cc1. The Hall–Kier alpha value is -4.08. The molecule has 34 heavy (non-hydrogen) atoms. The van der Waals surface area contributed by atoms with Gasteiger partial charge in [-0.1, -0.05) is 6.92 Å². The maximum Gasteiger partial charge on any atom is 0.329 e. The number of carbonyl (C=O) groups is 3. The van der Waals surface area contributed by atoms with Gasteiger partial charge in [0, 0.05) is 11.7 Å². The molecular weight excluding hydrogens is 440 g/mol. The van der Waals surface area contributed by atoms with Gasteiger partial charge in [-0.3, -0.25) is 14.4 Å². The number of anilines is 1. The summed E-state index contributed by atoms with van der Waals surface area (Å²) in [6.45, 7) is 5.94.